The van der Waals surface area contributed by atoms with Crippen LogP contribution in [0.3, 0.4) is 0 Å². The van der Waals surface area contributed by atoms with Crippen molar-refractivity contribution in [3.63, 3.8) is 0 Å². The predicted octanol–water partition coefficient (Wildman–Crippen LogP) is 1.94. The highest BCUT2D eigenvalue weighted by Crippen LogP contribution is 2.13. The lowest BCUT2D eigenvalue weighted by Crippen LogP contribution is -2.49. The molecule has 0 N–H and O–H groups in total. The number of nitrogens with zero attached hydrogens (tertiary/aromatic N) is 2. The highest BCUT2D eigenvalue weighted by atomic mass is 35.5. The molecule has 0 radical (unpaired) electrons. The second kappa shape index (κ2) is 11.9. The predicted molar refractivity (Wildman–Crippen MR) is 99.9 cm³/mol. The molecule has 2 fully saturated rings. The molecule has 3 rings (SSSR count). The standard InChI is InChI=1S/C17H26N2O3.2ClH/c1-2-4-16(5-3-1)22-17(14-18-6-10-20-11-7-18)15-19-8-12-21-13-9-19;;/h1-5,17H,6-15H2;2*1H. The van der Waals surface area contributed by atoms with E-state index >= 15 is 0 Å². The molecule has 0 spiro atoms. The molecule has 24 heavy (non-hydrogen) atoms. The van der Waals surface area contributed by atoms with Crippen molar-refractivity contribution in [2.24, 2.45) is 0 Å². The molecule has 0 atom stereocenters. The van der Waals surface area contributed by atoms with Crippen LogP contribution in [0.4, 0.5) is 0 Å². The number of benzene rings is 1. The summed E-state index contributed by atoms with van der Waals surface area (Å²) >= 11 is 0. The summed E-state index contributed by atoms with van der Waals surface area (Å²) in [5.74, 6) is 0.953. The Balaban J connectivity index is 0.00000144. The van der Waals surface area contributed by atoms with Gasteiger partial charge in [0.1, 0.15) is 11.9 Å². The zero-order chi connectivity index (χ0) is 15.0. The minimum Gasteiger partial charge on any atom is -0.488 e. The average Bonchev–Trinajstić information content (AvgIpc) is 2.57. The lowest BCUT2D eigenvalue weighted by atomic mass is 10.2. The van der Waals surface area contributed by atoms with Gasteiger partial charge in [0.05, 0.1) is 26.4 Å². The maximum absolute atomic E-state index is 6.26. The molecule has 1 aromatic carbocycles. The minimum atomic E-state index is 0. The van der Waals surface area contributed by atoms with Gasteiger partial charge in [0, 0.05) is 39.3 Å². The van der Waals surface area contributed by atoms with Gasteiger partial charge in [0.2, 0.25) is 0 Å². The molecule has 0 aliphatic carbocycles. The fraction of sp³-hybridized carbons (Fsp3) is 0.647. The first-order valence-corrected chi connectivity index (χ1v) is 8.22. The van der Waals surface area contributed by atoms with E-state index in [1.165, 1.54) is 0 Å². The van der Waals surface area contributed by atoms with Crippen LogP contribution in [0.5, 0.6) is 5.75 Å². The van der Waals surface area contributed by atoms with Crippen LogP contribution in [0.2, 0.25) is 0 Å². The first-order chi connectivity index (χ1) is 10.9. The summed E-state index contributed by atoms with van der Waals surface area (Å²) in [6, 6.07) is 10.1. The summed E-state index contributed by atoms with van der Waals surface area (Å²) < 4.78 is 17.1. The minimum absolute atomic E-state index is 0. The van der Waals surface area contributed by atoms with Crippen molar-refractivity contribution in [3.05, 3.63) is 30.3 Å². The van der Waals surface area contributed by atoms with E-state index in [-0.39, 0.29) is 30.9 Å². The van der Waals surface area contributed by atoms with Gasteiger partial charge >= 0.3 is 0 Å². The third-order valence-corrected chi connectivity index (χ3v) is 4.18. The summed E-state index contributed by atoms with van der Waals surface area (Å²) in [5.41, 5.74) is 0. The Bertz CT molecular complexity index is 407. The van der Waals surface area contributed by atoms with Crippen molar-refractivity contribution in [1.82, 2.24) is 9.80 Å². The van der Waals surface area contributed by atoms with E-state index in [2.05, 4.69) is 9.80 Å². The average molecular weight is 379 g/mol. The summed E-state index contributed by atoms with van der Waals surface area (Å²) in [6.07, 6.45) is 0.179. The monoisotopic (exact) mass is 378 g/mol. The molecular formula is C17H28Cl2N2O3. The SMILES string of the molecule is Cl.Cl.c1ccc(OC(CN2CCOCC2)CN2CCOCC2)cc1. The first-order valence-electron chi connectivity index (χ1n) is 8.22. The van der Waals surface area contributed by atoms with Gasteiger partial charge in [-0.15, -0.1) is 24.8 Å². The van der Waals surface area contributed by atoms with Gasteiger partial charge in [-0.05, 0) is 12.1 Å². The van der Waals surface area contributed by atoms with Gasteiger partial charge in [-0.25, -0.2) is 0 Å². The van der Waals surface area contributed by atoms with Crippen LogP contribution in [0.15, 0.2) is 30.3 Å². The number of rotatable bonds is 6. The Labute approximate surface area is 157 Å². The molecule has 0 bridgehead atoms. The largest absolute Gasteiger partial charge is 0.488 e. The number of para-hydroxylation sites is 1. The lowest BCUT2D eigenvalue weighted by molar-refractivity contribution is -0.00512. The van der Waals surface area contributed by atoms with Crippen LogP contribution in [0, 0.1) is 0 Å². The Morgan fingerprint density at radius 1 is 0.792 bits per heavy atom. The fourth-order valence-corrected chi connectivity index (χ4v) is 2.97. The van der Waals surface area contributed by atoms with Crippen molar-refractivity contribution >= 4 is 24.8 Å². The number of hydrogen-bond donors (Lipinski definition) is 0. The molecule has 7 heteroatoms. The molecule has 0 unspecified atom stereocenters. The molecule has 2 aliphatic heterocycles. The molecule has 2 heterocycles. The van der Waals surface area contributed by atoms with Gasteiger partial charge < -0.3 is 14.2 Å². The zero-order valence-corrected chi connectivity index (χ0v) is 15.6. The van der Waals surface area contributed by atoms with Crippen LogP contribution in [-0.2, 0) is 9.47 Å². The van der Waals surface area contributed by atoms with E-state index < -0.39 is 0 Å². The third-order valence-electron chi connectivity index (χ3n) is 4.18. The van der Waals surface area contributed by atoms with E-state index in [0.717, 1.165) is 71.4 Å². The quantitative estimate of drug-likeness (QED) is 0.755. The molecular weight excluding hydrogens is 351 g/mol. The normalized spacial score (nSPS) is 19.4. The van der Waals surface area contributed by atoms with Gasteiger partial charge in [-0.1, -0.05) is 18.2 Å². The van der Waals surface area contributed by atoms with Crippen LogP contribution in [0.25, 0.3) is 0 Å². The topological polar surface area (TPSA) is 34.2 Å². The Kier molecular flexibility index (Phi) is 10.7. The Hall–Kier alpha value is -0.560. The van der Waals surface area contributed by atoms with Gasteiger partial charge in [-0.3, -0.25) is 9.80 Å². The van der Waals surface area contributed by atoms with Crippen LogP contribution in [-0.4, -0.2) is 81.6 Å². The van der Waals surface area contributed by atoms with E-state index in [1.807, 2.05) is 30.3 Å². The maximum Gasteiger partial charge on any atom is 0.124 e. The van der Waals surface area contributed by atoms with Crippen molar-refractivity contribution in [2.45, 2.75) is 6.10 Å². The Morgan fingerprint density at radius 2 is 1.25 bits per heavy atom. The van der Waals surface area contributed by atoms with E-state index in [1.54, 1.807) is 0 Å². The lowest BCUT2D eigenvalue weighted by Gasteiger charge is -2.34. The number of ether oxygens (including phenoxy) is 3. The second-order valence-electron chi connectivity index (χ2n) is 5.88. The van der Waals surface area contributed by atoms with E-state index in [9.17, 15) is 0 Å². The molecule has 0 amide bonds. The first kappa shape index (κ1) is 21.5. The summed E-state index contributed by atoms with van der Waals surface area (Å²) in [4.78, 5) is 4.88. The summed E-state index contributed by atoms with van der Waals surface area (Å²) in [6.45, 7) is 9.21. The molecule has 2 aliphatic rings. The molecule has 1 aromatic rings. The molecule has 0 aromatic heterocycles. The molecule has 138 valence electrons. The molecule has 2 saturated heterocycles. The van der Waals surface area contributed by atoms with Gasteiger partial charge in [0.15, 0.2) is 0 Å². The smallest absolute Gasteiger partial charge is 0.124 e. The maximum atomic E-state index is 6.26. The highest BCUT2D eigenvalue weighted by molar-refractivity contribution is 5.85. The van der Waals surface area contributed by atoms with Crippen LogP contribution >= 0.6 is 24.8 Å². The fourth-order valence-electron chi connectivity index (χ4n) is 2.97. The van der Waals surface area contributed by atoms with Crippen molar-refractivity contribution in [2.75, 3.05) is 65.7 Å². The highest BCUT2D eigenvalue weighted by Gasteiger charge is 2.22. The van der Waals surface area contributed by atoms with E-state index in [4.69, 9.17) is 14.2 Å². The number of hydrogen-bond acceptors (Lipinski definition) is 5. The zero-order valence-electron chi connectivity index (χ0n) is 14.0. The molecule has 5 nitrogen and oxygen atoms in total. The van der Waals surface area contributed by atoms with Crippen LogP contribution < -0.4 is 4.74 Å². The number of halogens is 2. The summed E-state index contributed by atoms with van der Waals surface area (Å²) in [5, 5.41) is 0. The second-order valence-corrected chi connectivity index (χ2v) is 5.88. The van der Waals surface area contributed by atoms with Crippen LogP contribution in [0.1, 0.15) is 0 Å². The summed E-state index contributed by atoms with van der Waals surface area (Å²) in [7, 11) is 0. The van der Waals surface area contributed by atoms with Gasteiger partial charge in [0.25, 0.3) is 0 Å². The van der Waals surface area contributed by atoms with Gasteiger partial charge in [-0.2, -0.15) is 0 Å². The van der Waals surface area contributed by atoms with Crippen molar-refractivity contribution < 1.29 is 14.2 Å². The Morgan fingerprint density at radius 3 is 1.71 bits per heavy atom. The van der Waals surface area contributed by atoms with Crippen molar-refractivity contribution in [1.29, 1.82) is 0 Å². The number of morpholine rings is 2. The van der Waals surface area contributed by atoms with E-state index in [0.29, 0.717) is 0 Å². The molecule has 0 saturated carbocycles. The van der Waals surface area contributed by atoms with Crippen molar-refractivity contribution in [3.8, 4) is 5.75 Å². The third kappa shape index (κ3) is 7.13.